The Morgan fingerprint density at radius 2 is 1.26 bits per heavy atom. The molecule has 5 rings (SSSR count). The van der Waals surface area contributed by atoms with Crippen LogP contribution in [0.4, 0.5) is 5.82 Å². The lowest BCUT2D eigenvalue weighted by molar-refractivity contribution is 0.146. The van der Waals surface area contributed by atoms with Gasteiger partial charge in [-0.2, -0.15) is 5.10 Å². The van der Waals surface area contributed by atoms with E-state index in [1.165, 1.54) is 0 Å². The van der Waals surface area contributed by atoms with Gasteiger partial charge in [0.05, 0.1) is 12.1 Å². The highest BCUT2D eigenvalue weighted by Crippen LogP contribution is 2.43. The molecule has 34 heavy (non-hydrogen) atoms. The molecular formula is C29H27N3O2. The van der Waals surface area contributed by atoms with Gasteiger partial charge in [-0.3, -0.25) is 0 Å². The van der Waals surface area contributed by atoms with Gasteiger partial charge < -0.3 is 15.2 Å². The SMILES string of the molecule is COCCOc1ccc2c(c1)c(N)nn2C(c1ccccc1)(c1ccccc1)c1ccccc1. The lowest BCUT2D eigenvalue weighted by Gasteiger charge is -2.37. The Morgan fingerprint density at radius 1 is 0.735 bits per heavy atom. The number of rotatable bonds is 8. The molecule has 1 heterocycles. The second kappa shape index (κ2) is 9.41. The van der Waals surface area contributed by atoms with Crippen molar-refractivity contribution < 1.29 is 9.47 Å². The first kappa shape index (κ1) is 21.7. The first-order valence-electron chi connectivity index (χ1n) is 11.3. The molecule has 0 aliphatic carbocycles. The molecule has 5 nitrogen and oxygen atoms in total. The van der Waals surface area contributed by atoms with Crippen LogP contribution in [-0.2, 0) is 10.3 Å². The molecular weight excluding hydrogens is 422 g/mol. The van der Waals surface area contributed by atoms with Crippen molar-refractivity contribution in [3.8, 4) is 5.75 Å². The topological polar surface area (TPSA) is 62.3 Å². The lowest BCUT2D eigenvalue weighted by Crippen LogP contribution is -2.38. The summed E-state index contributed by atoms with van der Waals surface area (Å²) in [4.78, 5) is 0. The first-order chi connectivity index (χ1) is 16.7. The minimum absolute atomic E-state index is 0.458. The molecule has 0 saturated carbocycles. The summed E-state index contributed by atoms with van der Waals surface area (Å²) in [5, 5.41) is 5.79. The van der Waals surface area contributed by atoms with Crippen LogP contribution in [0.2, 0.25) is 0 Å². The van der Waals surface area contributed by atoms with Crippen molar-refractivity contribution in [2.24, 2.45) is 0 Å². The summed E-state index contributed by atoms with van der Waals surface area (Å²) < 4.78 is 13.0. The summed E-state index contributed by atoms with van der Waals surface area (Å²) in [7, 11) is 1.66. The predicted octanol–water partition coefficient (Wildman–Crippen LogP) is 5.48. The molecule has 1 aromatic heterocycles. The standard InChI is InChI=1S/C29H27N3O2/c1-33-19-20-34-25-17-18-27-26(21-25)28(30)31-32(27)29(22-11-5-2-6-12-22,23-13-7-3-8-14-23)24-15-9-4-10-16-24/h2-18,21H,19-20H2,1H3,(H2,30,31). The van der Waals surface area contributed by atoms with Gasteiger partial charge in [-0.05, 0) is 34.9 Å². The quantitative estimate of drug-likeness (QED) is 0.252. The number of methoxy groups -OCH3 is 1. The average Bonchev–Trinajstić information content (AvgIpc) is 3.23. The van der Waals surface area contributed by atoms with Gasteiger partial charge in [0.1, 0.15) is 17.9 Å². The van der Waals surface area contributed by atoms with Crippen molar-refractivity contribution in [1.82, 2.24) is 9.78 Å². The van der Waals surface area contributed by atoms with Gasteiger partial charge >= 0.3 is 0 Å². The monoisotopic (exact) mass is 449 g/mol. The van der Waals surface area contributed by atoms with Crippen LogP contribution < -0.4 is 10.5 Å². The normalized spacial score (nSPS) is 11.6. The van der Waals surface area contributed by atoms with Gasteiger partial charge in [-0.25, -0.2) is 4.68 Å². The van der Waals surface area contributed by atoms with E-state index in [0.29, 0.717) is 19.0 Å². The number of nitrogens with zero attached hydrogens (tertiary/aromatic N) is 2. The second-order valence-electron chi connectivity index (χ2n) is 8.13. The van der Waals surface area contributed by atoms with E-state index in [1.807, 2.05) is 36.4 Å². The zero-order chi connectivity index (χ0) is 23.4. The van der Waals surface area contributed by atoms with Gasteiger partial charge in [0.25, 0.3) is 0 Å². The fraction of sp³-hybridized carbons (Fsp3) is 0.138. The summed E-state index contributed by atoms with van der Waals surface area (Å²) in [6.45, 7) is 0.990. The first-order valence-corrected chi connectivity index (χ1v) is 11.3. The van der Waals surface area contributed by atoms with Crippen molar-refractivity contribution in [3.05, 3.63) is 126 Å². The molecule has 5 aromatic rings. The van der Waals surface area contributed by atoms with Gasteiger partial charge in [-0.1, -0.05) is 91.0 Å². The average molecular weight is 450 g/mol. The molecule has 0 aliphatic rings. The zero-order valence-corrected chi connectivity index (χ0v) is 19.1. The van der Waals surface area contributed by atoms with Crippen LogP contribution in [0.15, 0.2) is 109 Å². The maximum Gasteiger partial charge on any atom is 0.153 e. The molecule has 0 aliphatic heterocycles. The van der Waals surface area contributed by atoms with E-state index < -0.39 is 5.54 Å². The van der Waals surface area contributed by atoms with E-state index in [-0.39, 0.29) is 0 Å². The summed E-state index contributed by atoms with van der Waals surface area (Å²) >= 11 is 0. The fourth-order valence-corrected chi connectivity index (χ4v) is 4.61. The third-order valence-corrected chi connectivity index (χ3v) is 6.13. The van der Waals surface area contributed by atoms with Crippen molar-refractivity contribution in [2.75, 3.05) is 26.1 Å². The highest BCUT2D eigenvalue weighted by atomic mass is 16.5. The Kier molecular flexibility index (Phi) is 6.02. The molecule has 170 valence electrons. The number of benzene rings is 4. The number of ether oxygens (including phenoxy) is 2. The number of hydrogen-bond acceptors (Lipinski definition) is 4. The van der Waals surface area contributed by atoms with E-state index >= 15 is 0 Å². The van der Waals surface area contributed by atoms with Gasteiger partial charge in [0.2, 0.25) is 0 Å². The predicted molar refractivity (Wildman–Crippen MR) is 136 cm³/mol. The minimum Gasteiger partial charge on any atom is -0.491 e. The third-order valence-electron chi connectivity index (χ3n) is 6.13. The molecule has 0 radical (unpaired) electrons. The van der Waals surface area contributed by atoms with Crippen molar-refractivity contribution in [2.45, 2.75) is 5.54 Å². The van der Waals surface area contributed by atoms with Crippen LogP contribution >= 0.6 is 0 Å². The molecule has 4 aromatic carbocycles. The Hall–Kier alpha value is -4.09. The van der Waals surface area contributed by atoms with E-state index in [2.05, 4.69) is 77.5 Å². The highest BCUT2D eigenvalue weighted by Gasteiger charge is 2.40. The second-order valence-corrected chi connectivity index (χ2v) is 8.13. The molecule has 5 heteroatoms. The van der Waals surface area contributed by atoms with Crippen molar-refractivity contribution in [1.29, 1.82) is 0 Å². The van der Waals surface area contributed by atoms with Crippen LogP contribution in [0.5, 0.6) is 5.75 Å². The molecule has 0 fully saturated rings. The number of anilines is 1. The number of fused-ring (bicyclic) bond motifs is 1. The van der Waals surface area contributed by atoms with Crippen molar-refractivity contribution >= 4 is 16.7 Å². The molecule has 2 N–H and O–H groups in total. The Morgan fingerprint density at radius 3 is 1.76 bits per heavy atom. The zero-order valence-electron chi connectivity index (χ0n) is 19.1. The van der Waals surface area contributed by atoms with E-state index in [0.717, 1.165) is 33.3 Å². The number of nitrogen functional groups attached to an aromatic ring is 1. The fourth-order valence-electron chi connectivity index (χ4n) is 4.61. The Balaban J connectivity index is 1.81. The molecule has 0 amide bonds. The van der Waals surface area contributed by atoms with Crippen LogP contribution in [-0.4, -0.2) is 30.1 Å². The number of hydrogen-bond donors (Lipinski definition) is 1. The smallest absolute Gasteiger partial charge is 0.153 e. The number of aromatic nitrogens is 2. The lowest BCUT2D eigenvalue weighted by atomic mass is 9.77. The van der Waals surface area contributed by atoms with Crippen LogP contribution in [0, 0.1) is 0 Å². The maximum atomic E-state index is 6.52. The largest absolute Gasteiger partial charge is 0.491 e. The molecule has 0 bridgehead atoms. The van der Waals surface area contributed by atoms with Gasteiger partial charge in [0.15, 0.2) is 5.82 Å². The summed E-state index contributed by atoms with van der Waals surface area (Å²) in [6, 6.07) is 37.3. The van der Waals surface area contributed by atoms with E-state index in [9.17, 15) is 0 Å². The van der Waals surface area contributed by atoms with E-state index in [4.69, 9.17) is 20.3 Å². The third kappa shape index (κ3) is 3.70. The van der Waals surface area contributed by atoms with E-state index in [1.54, 1.807) is 7.11 Å². The highest BCUT2D eigenvalue weighted by molar-refractivity contribution is 5.91. The van der Waals surface area contributed by atoms with Crippen molar-refractivity contribution in [3.63, 3.8) is 0 Å². The summed E-state index contributed by atoms with van der Waals surface area (Å²) in [6.07, 6.45) is 0. The summed E-state index contributed by atoms with van der Waals surface area (Å²) in [5.74, 6) is 1.19. The van der Waals surface area contributed by atoms with Crippen LogP contribution in [0.25, 0.3) is 10.9 Å². The molecule has 0 saturated heterocycles. The molecule has 0 spiro atoms. The summed E-state index contributed by atoms with van der Waals surface area (Å²) in [5.41, 5.74) is 10.0. The molecule has 0 atom stereocenters. The Labute approximate surface area is 199 Å². The Bertz CT molecular complexity index is 1270. The minimum atomic E-state index is -0.724. The molecule has 0 unspecified atom stereocenters. The van der Waals surface area contributed by atoms with Gasteiger partial charge in [0, 0.05) is 12.5 Å². The van der Waals surface area contributed by atoms with Crippen LogP contribution in [0.3, 0.4) is 0 Å². The number of nitrogens with two attached hydrogens (primary N) is 1. The van der Waals surface area contributed by atoms with Crippen LogP contribution in [0.1, 0.15) is 16.7 Å². The van der Waals surface area contributed by atoms with Gasteiger partial charge in [-0.15, -0.1) is 0 Å². The maximum absolute atomic E-state index is 6.52.